The second kappa shape index (κ2) is 7.81. The highest BCUT2D eigenvalue weighted by Crippen LogP contribution is 2.25. The minimum absolute atomic E-state index is 0.295. The van der Waals surface area contributed by atoms with Gasteiger partial charge < -0.3 is 5.32 Å². The second-order valence-electron chi connectivity index (χ2n) is 6.90. The number of halogens is 1. The Hall–Kier alpha value is -2.58. The van der Waals surface area contributed by atoms with Gasteiger partial charge in [0.2, 0.25) is 10.0 Å². The fourth-order valence-electron chi connectivity index (χ4n) is 3.53. The van der Waals surface area contributed by atoms with Gasteiger partial charge in [0.25, 0.3) is 0 Å². The van der Waals surface area contributed by atoms with Gasteiger partial charge in [-0.1, -0.05) is 24.3 Å². The molecule has 8 heteroatoms. The van der Waals surface area contributed by atoms with Gasteiger partial charge in [-0.05, 0) is 43.0 Å². The first-order valence-corrected chi connectivity index (χ1v) is 10.7. The normalized spacial score (nSPS) is 16.3. The number of benzene rings is 2. The molecule has 0 saturated carbocycles. The molecule has 0 bridgehead atoms. The van der Waals surface area contributed by atoms with Gasteiger partial charge in [0.15, 0.2) is 0 Å². The summed E-state index contributed by atoms with van der Waals surface area (Å²) in [7, 11) is -3.44. The topological polar surface area (TPSA) is 75.2 Å². The molecule has 1 aliphatic heterocycles. The Morgan fingerprint density at radius 3 is 2.54 bits per heavy atom. The zero-order chi connectivity index (χ0) is 19.6. The SMILES string of the molecule is O=S(=O)(c1ccccc1)N1CCC(CNc2ncnc3c(F)cccc23)CC1. The predicted octanol–water partition coefficient (Wildman–Crippen LogP) is 3.28. The van der Waals surface area contributed by atoms with Gasteiger partial charge in [-0.2, -0.15) is 4.31 Å². The molecule has 1 fully saturated rings. The molecule has 3 aromatic rings. The number of piperidine rings is 1. The van der Waals surface area contributed by atoms with Crippen molar-refractivity contribution in [3.05, 3.63) is 60.7 Å². The van der Waals surface area contributed by atoms with Gasteiger partial charge in [0.1, 0.15) is 23.5 Å². The van der Waals surface area contributed by atoms with Gasteiger partial charge in [-0.15, -0.1) is 0 Å². The van der Waals surface area contributed by atoms with Crippen molar-refractivity contribution in [2.45, 2.75) is 17.7 Å². The van der Waals surface area contributed by atoms with Crippen molar-refractivity contribution in [2.75, 3.05) is 25.0 Å². The number of rotatable bonds is 5. The Labute approximate surface area is 163 Å². The van der Waals surface area contributed by atoms with Crippen molar-refractivity contribution in [3.63, 3.8) is 0 Å². The zero-order valence-electron chi connectivity index (χ0n) is 15.3. The minimum atomic E-state index is -3.44. The Balaban J connectivity index is 1.39. The molecule has 0 atom stereocenters. The van der Waals surface area contributed by atoms with Crippen LogP contribution in [0, 0.1) is 11.7 Å². The highest BCUT2D eigenvalue weighted by molar-refractivity contribution is 7.89. The molecule has 6 nitrogen and oxygen atoms in total. The van der Waals surface area contributed by atoms with Crippen molar-refractivity contribution in [1.29, 1.82) is 0 Å². The Bertz CT molecular complexity index is 1070. The summed E-state index contributed by atoms with van der Waals surface area (Å²) in [6.45, 7) is 1.63. The molecular weight excluding hydrogens is 379 g/mol. The molecule has 1 N–H and O–H groups in total. The van der Waals surface area contributed by atoms with E-state index in [4.69, 9.17) is 0 Å². The predicted molar refractivity (Wildman–Crippen MR) is 106 cm³/mol. The van der Waals surface area contributed by atoms with Crippen LogP contribution in [-0.2, 0) is 10.0 Å². The summed E-state index contributed by atoms with van der Waals surface area (Å²) in [5.41, 5.74) is 0.295. The van der Waals surface area contributed by atoms with Crippen LogP contribution in [0.25, 0.3) is 10.9 Å². The summed E-state index contributed by atoms with van der Waals surface area (Å²) >= 11 is 0. The van der Waals surface area contributed by atoms with Crippen LogP contribution in [0.1, 0.15) is 12.8 Å². The Morgan fingerprint density at radius 1 is 1.04 bits per heavy atom. The van der Waals surface area contributed by atoms with E-state index in [1.807, 2.05) is 0 Å². The van der Waals surface area contributed by atoms with Gasteiger partial charge in [0, 0.05) is 25.0 Å². The Morgan fingerprint density at radius 2 is 1.79 bits per heavy atom. The first-order valence-electron chi connectivity index (χ1n) is 9.24. The molecule has 146 valence electrons. The maximum Gasteiger partial charge on any atom is 0.243 e. The third-order valence-corrected chi connectivity index (χ3v) is 7.04. The molecule has 28 heavy (non-hydrogen) atoms. The van der Waals surface area contributed by atoms with Crippen molar-refractivity contribution >= 4 is 26.7 Å². The van der Waals surface area contributed by atoms with E-state index in [0.717, 1.165) is 12.8 Å². The molecule has 1 aliphatic rings. The van der Waals surface area contributed by atoms with E-state index in [0.29, 0.717) is 47.2 Å². The van der Waals surface area contributed by atoms with Crippen molar-refractivity contribution < 1.29 is 12.8 Å². The second-order valence-corrected chi connectivity index (χ2v) is 8.84. The molecular formula is C20H21FN4O2S. The highest BCUT2D eigenvalue weighted by Gasteiger charge is 2.29. The van der Waals surface area contributed by atoms with E-state index >= 15 is 0 Å². The number of para-hydroxylation sites is 1. The number of sulfonamides is 1. The van der Waals surface area contributed by atoms with Gasteiger partial charge in [-0.3, -0.25) is 0 Å². The summed E-state index contributed by atoms with van der Waals surface area (Å²) in [4.78, 5) is 8.57. The van der Waals surface area contributed by atoms with E-state index in [9.17, 15) is 12.8 Å². The number of hydrogen-bond acceptors (Lipinski definition) is 5. The summed E-state index contributed by atoms with van der Waals surface area (Å²) in [5, 5.41) is 3.93. The molecule has 1 aromatic heterocycles. The van der Waals surface area contributed by atoms with E-state index < -0.39 is 10.0 Å². The standard InChI is InChI=1S/C20H21FN4O2S/c21-18-8-4-7-17-19(18)23-14-24-20(17)22-13-15-9-11-25(12-10-15)28(26,27)16-5-2-1-3-6-16/h1-8,14-15H,9-13H2,(H,22,23,24). The number of aromatic nitrogens is 2. The number of anilines is 1. The quantitative estimate of drug-likeness (QED) is 0.711. The van der Waals surface area contributed by atoms with E-state index in [1.165, 1.54) is 12.4 Å². The number of fused-ring (bicyclic) bond motifs is 1. The highest BCUT2D eigenvalue weighted by atomic mass is 32.2. The average Bonchev–Trinajstić information content (AvgIpc) is 2.73. The molecule has 0 aliphatic carbocycles. The zero-order valence-corrected chi connectivity index (χ0v) is 16.1. The van der Waals surface area contributed by atoms with E-state index in [-0.39, 0.29) is 5.82 Å². The monoisotopic (exact) mass is 400 g/mol. The summed E-state index contributed by atoms with van der Waals surface area (Å²) in [6, 6.07) is 13.3. The van der Waals surface area contributed by atoms with E-state index in [2.05, 4.69) is 15.3 Å². The van der Waals surface area contributed by atoms with Crippen LogP contribution in [-0.4, -0.2) is 42.3 Å². The third kappa shape index (κ3) is 3.70. The fraction of sp³-hybridized carbons (Fsp3) is 0.300. The Kier molecular flexibility index (Phi) is 5.23. The summed E-state index contributed by atoms with van der Waals surface area (Å²) in [6.07, 6.45) is 2.87. The van der Waals surface area contributed by atoms with Crippen LogP contribution in [0.2, 0.25) is 0 Å². The maximum absolute atomic E-state index is 13.9. The molecule has 0 amide bonds. The van der Waals surface area contributed by atoms with Gasteiger partial charge in [0.05, 0.1) is 4.90 Å². The van der Waals surface area contributed by atoms with Crippen LogP contribution in [0.5, 0.6) is 0 Å². The molecule has 1 saturated heterocycles. The van der Waals surface area contributed by atoms with E-state index in [1.54, 1.807) is 46.8 Å². The summed E-state index contributed by atoms with van der Waals surface area (Å²) in [5.74, 6) is 0.548. The lowest BCUT2D eigenvalue weighted by Gasteiger charge is -2.31. The lowest BCUT2D eigenvalue weighted by atomic mass is 9.98. The first kappa shape index (κ1) is 18.8. The largest absolute Gasteiger partial charge is 0.369 e. The molecule has 0 spiro atoms. The van der Waals surface area contributed by atoms with Crippen molar-refractivity contribution in [2.24, 2.45) is 5.92 Å². The smallest absolute Gasteiger partial charge is 0.243 e. The van der Waals surface area contributed by atoms with Crippen LogP contribution >= 0.6 is 0 Å². The van der Waals surface area contributed by atoms with Gasteiger partial charge >= 0.3 is 0 Å². The van der Waals surface area contributed by atoms with Gasteiger partial charge in [-0.25, -0.2) is 22.8 Å². The van der Waals surface area contributed by atoms with Crippen LogP contribution in [0.15, 0.2) is 59.8 Å². The van der Waals surface area contributed by atoms with Crippen molar-refractivity contribution in [3.8, 4) is 0 Å². The summed E-state index contributed by atoms with van der Waals surface area (Å²) < 4.78 is 40.8. The number of nitrogens with one attached hydrogen (secondary N) is 1. The van der Waals surface area contributed by atoms with Crippen LogP contribution in [0.4, 0.5) is 10.2 Å². The first-order chi connectivity index (χ1) is 13.6. The minimum Gasteiger partial charge on any atom is -0.369 e. The van der Waals surface area contributed by atoms with Crippen molar-refractivity contribution in [1.82, 2.24) is 14.3 Å². The van der Waals surface area contributed by atoms with Crippen LogP contribution < -0.4 is 5.32 Å². The molecule has 0 radical (unpaired) electrons. The van der Waals surface area contributed by atoms with Crippen LogP contribution in [0.3, 0.4) is 0 Å². The number of hydrogen-bond donors (Lipinski definition) is 1. The molecule has 2 heterocycles. The molecule has 0 unspecified atom stereocenters. The molecule has 4 rings (SSSR count). The molecule has 2 aromatic carbocycles. The number of nitrogens with zero attached hydrogens (tertiary/aromatic N) is 3. The lowest BCUT2D eigenvalue weighted by Crippen LogP contribution is -2.39. The fourth-order valence-corrected chi connectivity index (χ4v) is 5.02. The third-order valence-electron chi connectivity index (χ3n) is 5.13. The average molecular weight is 400 g/mol. The maximum atomic E-state index is 13.9. The lowest BCUT2D eigenvalue weighted by molar-refractivity contribution is 0.282.